The molecule has 5 heteroatoms. The van der Waals surface area contributed by atoms with Crippen molar-refractivity contribution < 1.29 is 19.4 Å². The average molecular weight is 237 g/mol. The van der Waals surface area contributed by atoms with Crippen molar-refractivity contribution in [1.82, 2.24) is 0 Å². The maximum atomic E-state index is 11.6. The predicted octanol–water partition coefficient (Wildman–Crippen LogP) is 1.46. The lowest BCUT2D eigenvalue weighted by atomic mass is 10.0. The molecule has 0 unspecified atom stereocenters. The molecule has 0 aliphatic carbocycles. The van der Waals surface area contributed by atoms with E-state index in [1.165, 1.54) is 6.07 Å². The molecule has 0 saturated carbocycles. The molecule has 0 aliphatic rings. The van der Waals surface area contributed by atoms with E-state index in [4.69, 9.17) is 15.6 Å². The molecule has 0 saturated heterocycles. The summed E-state index contributed by atoms with van der Waals surface area (Å²) in [5.41, 5.74) is 7.02. The van der Waals surface area contributed by atoms with Gasteiger partial charge in [0.2, 0.25) is 0 Å². The number of hydrogen-bond acceptors (Lipinski definition) is 4. The Labute approximate surface area is 99.2 Å². The van der Waals surface area contributed by atoms with Crippen LogP contribution in [0.15, 0.2) is 18.2 Å². The molecular formula is C12H15NO4. The van der Waals surface area contributed by atoms with Crippen LogP contribution in [0.1, 0.15) is 29.3 Å². The first-order chi connectivity index (χ1) is 8.04. The van der Waals surface area contributed by atoms with Crippen molar-refractivity contribution in [2.75, 3.05) is 12.3 Å². The zero-order chi connectivity index (χ0) is 12.8. The van der Waals surface area contributed by atoms with Crippen LogP contribution in [0.25, 0.3) is 0 Å². The zero-order valence-electron chi connectivity index (χ0n) is 9.60. The maximum Gasteiger partial charge on any atom is 0.338 e. The number of rotatable bonds is 5. The highest BCUT2D eigenvalue weighted by atomic mass is 16.5. The summed E-state index contributed by atoms with van der Waals surface area (Å²) in [5, 5.41) is 8.62. The molecule has 0 atom stereocenters. The summed E-state index contributed by atoms with van der Waals surface area (Å²) in [6, 6.07) is 4.81. The molecule has 17 heavy (non-hydrogen) atoms. The Morgan fingerprint density at radius 1 is 1.41 bits per heavy atom. The number of ether oxygens (including phenoxy) is 1. The van der Waals surface area contributed by atoms with Gasteiger partial charge in [0.05, 0.1) is 12.2 Å². The number of benzene rings is 1. The van der Waals surface area contributed by atoms with E-state index in [-0.39, 0.29) is 19.4 Å². The molecule has 0 fully saturated rings. The Morgan fingerprint density at radius 3 is 2.71 bits per heavy atom. The third-order valence-electron chi connectivity index (χ3n) is 2.24. The van der Waals surface area contributed by atoms with Crippen molar-refractivity contribution in [3.63, 3.8) is 0 Å². The van der Waals surface area contributed by atoms with Gasteiger partial charge in [-0.05, 0) is 31.0 Å². The number of aryl methyl sites for hydroxylation is 1. The summed E-state index contributed by atoms with van der Waals surface area (Å²) < 4.78 is 4.89. The van der Waals surface area contributed by atoms with Gasteiger partial charge in [-0.25, -0.2) is 4.79 Å². The summed E-state index contributed by atoms with van der Waals surface area (Å²) in [6.07, 6.45) is 0.250. The number of hydrogen-bond donors (Lipinski definition) is 2. The molecule has 0 radical (unpaired) electrons. The highest BCUT2D eigenvalue weighted by Crippen LogP contribution is 2.16. The van der Waals surface area contributed by atoms with E-state index in [9.17, 15) is 9.59 Å². The maximum absolute atomic E-state index is 11.6. The minimum absolute atomic E-state index is 0.0314. The number of carboxylic acid groups (broad SMARTS) is 1. The Kier molecular flexibility index (Phi) is 4.51. The van der Waals surface area contributed by atoms with Gasteiger partial charge in [0, 0.05) is 12.1 Å². The summed E-state index contributed by atoms with van der Waals surface area (Å²) in [5.74, 6) is -1.38. The molecule has 5 nitrogen and oxygen atoms in total. The topological polar surface area (TPSA) is 89.6 Å². The standard InChI is InChI=1S/C12H15NO4/c1-2-17-12(16)10-7-9(13)5-3-8(10)4-6-11(14)15/h3,5,7H,2,4,6,13H2,1H3,(H,14,15). The number of anilines is 1. The van der Waals surface area contributed by atoms with Crippen LogP contribution in [-0.4, -0.2) is 23.7 Å². The fourth-order valence-electron chi connectivity index (χ4n) is 1.45. The molecule has 1 aromatic rings. The summed E-state index contributed by atoms with van der Waals surface area (Å²) in [6.45, 7) is 1.98. The summed E-state index contributed by atoms with van der Waals surface area (Å²) in [4.78, 5) is 22.1. The number of nitrogen functional groups attached to an aromatic ring is 1. The highest BCUT2D eigenvalue weighted by Gasteiger charge is 2.13. The summed E-state index contributed by atoms with van der Waals surface area (Å²) >= 11 is 0. The lowest BCUT2D eigenvalue weighted by Crippen LogP contribution is -2.10. The normalized spacial score (nSPS) is 9.94. The second-order valence-corrected chi connectivity index (χ2v) is 3.53. The van der Waals surface area contributed by atoms with Gasteiger partial charge < -0.3 is 15.6 Å². The van der Waals surface area contributed by atoms with E-state index in [0.29, 0.717) is 16.8 Å². The molecule has 0 aliphatic heterocycles. The van der Waals surface area contributed by atoms with Crippen LogP contribution >= 0.6 is 0 Å². The number of carboxylic acids is 1. The van der Waals surface area contributed by atoms with Gasteiger partial charge in [-0.15, -0.1) is 0 Å². The molecule has 1 aromatic carbocycles. The Morgan fingerprint density at radius 2 is 2.12 bits per heavy atom. The smallest absolute Gasteiger partial charge is 0.338 e. The van der Waals surface area contributed by atoms with Crippen molar-refractivity contribution in [3.05, 3.63) is 29.3 Å². The molecule has 1 rings (SSSR count). The third kappa shape index (κ3) is 3.79. The highest BCUT2D eigenvalue weighted by molar-refractivity contribution is 5.92. The van der Waals surface area contributed by atoms with Crippen LogP contribution in [0, 0.1) is 0 Å². The first-order valence-corrected chi connectivity index (χ1v) is 5.32. The quantitative estimate of drug-likeness (QED) is 0.597. The minimum atomic E-state index is -0.906. The third-order valence-corrected chi connectivity index (χ3v) is 2.24. The molecule has 0 amide bonds. The first-order valence-electron chi connectivity index (χ1n) is 5.32. The van der Waals surface area contributed by atoms with E-state index in [1.54, 1.807) is 19.1 Å². The summed E-state index contributed by atoms with van der Waals surface area (Å²) in [7, 11) is 0. The molecule has 0 aromatic heterocycles. The van der Waals surface area contributed by atoms with E-state index in [1.807, 2.05) is 0 Å². The van der Waals surface area contributed by atoms with Gasteiger partial charge in [0.25, 0.3) is 0 Å². The van der Waals surface area contributed by atoms with Gasteiger partial charge in [-0.2, -0.15) is 0 Å². The zero-order valence-corrected chi connectivity index (χ0v) is 9.60. The van der Waals surface area contributed by atoms with E-state index in [2.05, 4.69) is 0 Å². The van der Waals surface area contributed by atoms with Crippen LogP contribution in [0.2, 0.25) is 0 Å². The number of aliphatic carboxylic acids is 1. The Hall–Kier alpha value is -2.04. The SMILES string of the molecule is CCOC(=O)c1cc(N)ccc1CCC(=O)O. The van der Waals surface area contributed by atoms with Gasteiger partial charge in [-0.3, -0.25) is 4.79 Å². The van der Waals surface area contributed by atoms with E-state index >= 15 is 0 Å². The number of nitrogens with two attached hydrogens (primary N) is 1. The van der Waals surface area contributed by atoms with Gasteiger partial charge in [-0.1, -0.05) is 6.07 Å². The first kappa shape index (κ1) is 13.0. The second-order valence-electron chi connectivity index (χ2n) is 3.53. The Bertz CT molecular complexity index is 429. The van der Waals surface area contributed by atoms with Crippen LogP contribution in [0.4, 0.5) is 5.69 Å². The van der Waals surface area contributed by atoms with Crippen LogP contribution < -0.4 is 5.73 Å². The molecule has 0 bridgehead atoms. The van der Waals surface area contributed by atoms with E-state index < -0.39 is 11.9 Å². The van der Waals surface area contributed by atoms with Crippen LogP contribution in [-0.2, 0) is 16.0 Å². The molecule has 92 valence electrons. The van der Waals surface area contributed by atoms with Crippen molar-refractivity contribution >= 4 is 17.6 Å². The van der Waals surface area contributed by atoms with Crippen molar-refractivity contribution in [3.8, 4) is 0 Å². The van der Waals surface area contributed by atoms with Gasteiger partial charge in [0.15, 0.2) is 0 Å². The van der Waals surface area contributed by atoms with Crippen molar-refractivity contribution in [2.24, 2.45) is 0 Å². The minimum Gasteiger partial charge on any atom is -0.481 e. The van der Waals surface area contributed by atoms with Crippen LogP contribution in [0.3, 0.4) is 0 Å². The fourth-order valence-corrected chi connectivity index (χ4v) is 1.45. The predicted molar refractivity (Wildman–Crippen MR) is 62.8 cm³/mol. The lowest BCUT2D eigenvalue weighted by molar-refractivity contribution is -0.136. The Balaban J connectivity index is 2.95. The molecule has 0 spiro atoms. The lowest BCUT2D eigenvalue weighted by Gasteiger charge is -2.08. The monoisotopic (exact) mass is 237 g/mol. The van der Waals surface area contributed by atoms with E-state index in [0.717, 1.165) is 0 Å². The largest absolute Gasteiger partial charge is 0.481 e. The van der Waals surface area contributed by atoms with Crippen molar-refractivity contribution in [2.45, 2.75) is 19.8 Å². The number of carbonyl (C=O) groups excluding carboxylic acids is 1. The van der Waals surface area contributed by atoms with Gasteiger partial charge in [0.1, 0.15) is 0 Å². The van der Waals surface area contributed by atoms with Crippen LogP contribution in [0.5, 0.6) is 0 Å². The number of esters is 1. The average Bonchev–Trinajstić information content (AvgIpc) is 2.27. The van der Waals surface area contributed by atoms with Crippen molar-refractivity contribution in [1.29, 1.82) is 0 Å². The number of carbonyl (C=O) groups is 2. The fraction of sp³-hybridized carbons (Fsp3) is 0.333. The van der Waals surface area contributed by atoms with Gasteiger partial charge >= 0.3 is 11.9 Å². The molecular weight excluding hydrogens is 222 g/mol. The second kappa shape index (κ2) is 5.89. The molecule has 0 heterocycles. The molecule has 3 N–H and O–H groups in total.